The Hall–Kier alpha value is -1.93. The number of anilines is 2. The highest BCUT2D eigenvalue weighted by atomic mass is 32.2. The van der Waals surface area contributed by atoms with Gasteiger partial charge in [-0.3, -0.25) is 14.8 Å². The zero-order valence-corrected chi connectivity index (χ0v) is 15.0. The van der Waals surface area contributed by atoms with Crippen LogP contribution in [0.15, 0.2) is 24.3 Å². The molecule has 1 aromatic heterocycles. The summed E-state index contributed by atoms with van der Waals surface area (Å²) in [6.45, 7) is 0. The second-order valence-corrected chi connectivity index (χ2v) is 8.69. The van der Waals surface area contributed by atoms with Gasteiger partial charge in [-0.05, 0) is 43.9 Å². The number of carbonyl (C=O) groups is 1. The van der Waals surface area contributed by atoms with Crippen LogP contribution in [-0.4, -0.2) is 25.6 Å². The number of carbonyl (C=O) groups excluding carboxylic acids is 1. The van der Waals surface area contributed by atoms with Gasteiger partial charge in [0, 0.05) is 16.1 Å². The molecule has 1 heterocycles. The number of benzene rings is 1. The van der Waals surface area contributed by atoms with Crippen molar-refractivity contribution in [3.05, 3.63) is 40.4 Å². The lowest BCUT2D eigenvalue weighted by Crippen LogP contribution is -2.13. The van der Waals surface area contributed by atoms with Gasteiger partial charge in [0.05, 0.1) is 11.9 Å². The first kappa shape index (κ1) is 16.9. The highest BCUT2D eigenvalue weighted by molar-refractivity contribution is 7.92. The Kier molecular flexibility index (Phi) is 4.86. The van der Waals surface area contributed by atoms with Crippen LogP contribution in [0.3, 0.4) is 0 Å². The number of nitrogens with zero attached hydrogens (tertiary/aromatic N) is 1. The van der Waals surface area contributed by atoms with Crippen LogP contribution in [0.1, 0.15) is 40.2 Å². The molecule has 1 amide bonds. The summed E-state index contributed by atoms with van der Waals surface area (Å²) >= 11 is 1.53. The number of fused-ring (bicyclic) bond motifs is 1. The molecule has 0 spiro atoms. The van der Waals surface area contributed by atoms with Gasteiger partial charge in [-0.2, -0.15) is 0 Å². The highest BCUT2D eigenvalue weighted by Crippen LogP contribution is 2.29. The quantitative estimate of drug-likeness (QED) is 0.815. The first-order valence-corrected chi connectivity index (χ1v) is 10.5. The van der Waals surface area contributed by atoms with E-state index in [4.69, 9.17) is 0 Å². The third kappa shape index (κ3) is 4.33. The molecule has 6 nitrogen and oxygen atoms in total. The number of sulfonamides is 1. The molecular formula is C16H19N3O3S2. The van der Waals surface area contributed by atoms with Gasteiger partial charge in [0.1, 0.15) is 0 Å². The Labute approximate surface area is 145 Å². The number of rotatable bonds is 4. The van der Waals surface area contributed by atoms with Crippen LogP contribution in [0.4, 0.5) is 10.8 Å². The van der Waals surface area contributed by atoms with Crippen molar-refractivity contribution in [3.8, 4) is 0 Å². The maximum atomic E-state index is 12.4. The third-order valence-electron chi connectivity index (χ3n) is 3.74. The zero-order valence-electron chi connectivity index (χ0n) is 13.3. The molecule has 0 aliphatic heterocycles. The zero-order chi connectivity index (χ0) is 17.2. The van der Waals surface area contributed by atoms with E-state index in [-0.39, 0.29) is 5.91 Å². The van der Waals surface area contributed by atoms with Crippen molar-refractivity contribution in [2.45, 2.75) is 32.1 Å². The fraction of sp³-hybridized carbons (Fsp3) is 0.375. The Morgan fingerprint density at radius 3 is 2.79 bits per heavy atom. The Morgan fingerprint density at radius 1 is 1.21 bits per heavy atom. The summed E-state index contributed by atoms with van der Waals surface area (Å²) in [5.41, 5.74) is 1.84. The molecule has 1 aliphatic rings. The molecule has 0 saturated carbocycles. The topological polar surface area (TPSA) is 88.2 Å². The normalized spacial score (nSPS) is 14.5. The van der Waals surface area contributed by atoms with Crippen molar-refractivity contribution in [1.29, 1.82) is 0 Å². The van der Waals surface area contributed by atoms with Crippen LogP contribution < -0.4 is 10.0 Å². The average Bonchev–Trinajstić information content (AvgIpc) is 2.74. The van der Waals surface area contributed by atoms with Crippen LogP contribution in [0, 0.1) is 0 Å². The molecule has 1 aromatic carbocycles. The fourth-order valence-electron chi connectivity index (χ4n) is 2.69. The van der Waals surface area contributed by atoms with Gasteiger partial charge in [-0.25, -0.2) is 13.4 Å². The smallest absolute Gasteiger partial charge is 0.257 e. The number of aryl methyl sites for hydroxylation is 2. The fourth-order valence-corrected chi connectivity index (χ4v) is 4.29. The molecule has 0 bridgehead atoms. The third-order valence-corrected chi connectivity index (χ3v) is 5.42. The lowest BCUT2D eigenvalue weighted by molar-refractivity contribution is 0.102. The molecule has 3 rings (SSSR count). The summed E-state index contributed by atoms with van der Waals surface area (Å²) in [6, 6.07) is 6.39. The maximum absolute atomic E-state index is 12.4. The minimum atomic E-state index is -3.38. The van der Waals surface area contributed by atoms with Gasteiger partial charge in [-0.1, -0.05) is 12.5 Å². The Morgan fingerprint density at radius 2 is 2.00 bits per heavy atom. The van der Waals surface area contributed by atoms with Crippen molar-refractivity contribution in [3.63, 3.8) is 0 Å². The second kappa shape index (κ2) is 6.90. The van der Waals surface area contributed by atoms with E-state index in [0.717, 1.165) is 31.2 Å². The largest absolute Gasteiger partial charge is 0.298 e. The number of hydrogen-bond donors (Lipinski definition) is 2. The minimum Gasteiger partial charge on any atom is -0.298 e. The molecule has 0 unspecified atom stereocenters. The molecule has 0 saturated heterocycles. The van der Waals surface area contributed by atoms with Crippen LogP contribution in [0.25, 0.3) is 0 Å². The molecule has 0 radical (unpaired) electrons. The average molecular weight is 365 g/mol. The first-order chi connectivity index (χ1) is 11.4. The van der Waals surface area contributed by atoms with Crippen LogP contribution in [-0.2, 0) is 22.9 Å². The summed E-state index contributed by atoms with van der Waals surface area (Å²) in [5, 5.41) is 3.42. The summed E-state index contributed by atoms with van der Waals surface area (Å²) < 4.78 is 25.0. The molecule has 1 aliphatic carbocycles. The lowest BCUT2D eigenvalue weighted by Gasteiger charge is -2.06. The number of nitrogens with one attached hydrogen (secondary N) is 2. The van der Waals surface area contributed by atoms with E-state index in [0.29, 0.717) is 16.4 Å². The van der Waals surface area contributed by atoms with E-state index in [9.17, 15) is 13.2 Å². The Balaban J connectivity index is 1.74. The van der Waals surface area contributed by atoms with Gasteiger partial charge in [-0.15, -0.1) is 11.3 Å². The summed E-state index contributed by atoms with van der Waals surface area (Å²) in [6.07, 6.45) is 6.60. The summed E-state index contributed by atoms with van der Waals surface area (Å²) in [4.78, 5) is 18.2. The van der Waals surface area contributed by atoms with Gasteiger partial charge in [0.2, 0.25) is 10.0 Å². The molecule has 24 heavy (non-hydrogen) atoms. The summed E-state index contributed by atoms with van der Waals surface area (Å²) in [5.74, 6) is -0.295. The van der Waals surface area contributed by atoms with Gasteiger partial charge in [0.15, 0.2) is 5.13 Å². The van der Waals surface area contributed by atoms with E-state index in [2.05, 4.69) is 15.0 Å². The van der Waals surface area contributed by atoms with Gasteiger partial charge in [0.25, 0.3) is 5.91 Å². The first-order valence-electron chi connectivity index (χ1n) is 7.78. The maximum Gasteiger partial charge on any atom is 0.257 e. The molecule has 8 heteroatoms. The van der Waals surface area contributed by atoms with Crippen LogP contribution >= 0.6 is 11.3 Å². The lowest BCUT2D eigenvalue weighted by atomic mass is 10.2. The molecular weight excluding hydrogens is 346 g/mol. The SMILES string of the molecule is CS(=O)(=O)Nc1cccc(C(=O)Nc2nc3c(s2)CCCCC3)c1. The number of thiazole rings is 1. The Bertz CT molecular complexity index is 836. The number of amides is 1. The predicted octanol–water partition coefficient (Wildman–Crippen LogP) is 3.04. The molecule has 0 atom stereocenters. The van der Waals surface area contributed by atoms with Crippen LogP contribution in [0.2, 0.25) is 0 Å². The molecule has 2 N–H and O–H groups in total. The second-order valence-electron chi connectivity index (χ2n) is 5.86. The predicted molar refractivity (Wildman–Crippen MR) is 96.2 cm³/mol. The van der Waals surface area contributed by atoms with E-state index >= 15 is 0 Å². The summed E-state index contributed by atoms with van der Waals surface area (Å²) in [7, 11) is -3.38. The standard InChI is InChI=1S/C16H19N3O3S2/c1-24(21,22)19-12-7-5-6-11(10-12)15(20)18-16-17-13-8-3-2-4-9-14(13)23-16/h5-7,10,19H,2-4,8-9H2,1H3,(H,17,18,20). The van der Waals surface area contributed by atoms with Crippen molar-refractivity contribution in [2.75, 3.05) is 16.3 Å². The van der Waals surface area contributed by atoms with Crippen LogP contribution in [0.5, 0.6) is 0 Å². The highest BCUT2D eigenvalue weighted by Gasteiger charge is 2.16. The van der Waals surface area contributed by atoms with E-state index in [1.165, 1.54) is 35.1 Å². The van der Waals surface area contributed by atoms with Gasteiger partial charge >= 0.3 is 0 Å². The molecule has 0 fully saturated rings. The van der Waals surface area contributed by atoms with Gasteiger partial charge < -0.3 is 0 Å². The minimum absolute atomic E-state index is 0.295. The van der Waals surface area contributed by atoms with Crippen molar-refractivity contribution in [2.24, 2.45) is 0 Å². The van der Waals surface area contributed by atoms with Crippen molar-refractivity contribution in [1.82, 2.24) is 4.98 Å². The number of hydrogen-bond acceptors (Lipinski definition) is 5. The number of aromatic nitrogens is 1. The molecule has 2 aromatic rings. The molecule has 128 valence electrons. The monoisotopic (exact) mass is 365 g/mol. The van der Waals surface area contributed by atoms with E-state index in [1.807, 2.05) is 0 Å². The van der Waals surface area contributed by atoms with Crippen molar-refractivity contribution >= 4 is 38.1 Å². The van der Waals surface area contributed by atoms with Crippen molar-refractivity contribution < 1.29 is 13.2 Å². The van der Waals surface area contributed by atoms with E-state index in [1.54, 1.807) is 18.2 Å². The van der Waals surface area contributed by atoms with E-state index < -0.39 is 10.0 Å².